The lowest BCUT2D eigenvalue weighted by Gasteiger charge is -2.15. The summed E-state index contributed by atoms with van der Waals surface area (Å²) in [6.07, 6.45) is 1.75. The molecule has 8 aromatic rings. The van der Waals surface area contributed by atoms with Crippen LogP contribution in [0.4, 0.5) is 0 Å². The van der Waals surface area contributed by atoms with Crippen molar-refractivity contribution in [1.29, 1.82) is 0 Å². The van der Waals surface area contributed by atoms with Crippen molar-refractivity contribution in [3.8, 4) is 22.8 Å². The van der Waals surface area contributed by atoms with Crippen LogP contribution in [0.1, 0.15) is 0 Å². The van der Waals surface area contributed by atoms with E-state index in [1.54, 1.807) is 10.6 Å². The Hall–Kier alpha value is -5.03. The van der Waals surface area contributed by atoms with Crippen molar-refractivity contribution in [2.75, 3.05) is 0 Å². The van der Waals surface area contributed by atoms with Gasteiger partial charge in [-0.2, -0.15) is 0 Å². The topological polar surface area (TPSA) is 60.4 Å². The van der Waals surface area contributed by atoms with Crippen LogP contribution in [0.2, 0.25) is 0 Å². The monoisotopic (exact) mass is 463 g/mol. The first-order valence-corrected chi connectivity index (χ1v) is 11.8. The molecule has 0 amide bonds. The molecule has 0 N–H and O–H groups in total. The molecule has 0 aliphatic heterocycles. The molecule has 0 saturated heterocycles. The standard InChI is InChI=1S/C31H17N3O2/c35-31-23-16-15-21(30-32-17-26(36-30)18-7-2-1-3-8-18)20-11-6-12-22(28(20)23)29-33-24-13-4-9-19-10-5-14-25(27(19)24)34(29)31/h1-17H. The predicted octanol–water partition coefficient (Wildman–Crippen LogP) is 7.07. The molecule has 5 aromatic carbocycles. The predicted molar refractivity (Wildman–Crippen MR) is 144 cm³/mol. The molecule has 0 unspecified atom stereocenters. The van der Waals surface area contributed by atoms with Crippen molar-refractivity contribution in [3.05, 3.63) is 114 Å². The van der Waals surface area contributed by atoms with E-state index in [2.05, 4.69) is 17.1 Å². The van der Waals surface area contributed by atoms with Gasteiger partial charge in [0.25, 0.3) is 5.56 Å². The molecule has 5 heteroatoms. The van der Waals surface area contributed by atoms with Gasteiger partial charge < -0.3 is 4.42 Å². The molecule has 36 heavy (non-hydrogen) atoms. The van der Waals surface area contributed by atoms with E-state index in [1.165, 1.54) is 0 Å². The summed E-state index contributed by atoms with van der Waals surface area (Å²) < 4.78 is 7.93. The Balaban J connectivity index is 1.48. The van der Waals surface area contributed by atoms with Crippen molar-refractivity contribution in [3.63, 3.8) is 0 Å². The molecule has 3 aromatic heterocycles. The van der Waals surface area contributed by atoms with Gasteiger partial charge >= 0.3 is 0 Å². The number of pyridine rings is 1. The van der Waals surface area contributed by atoms with Crippen LogP contribution in [0, 0.1) is 0 Å². The molecule has 0 fully saturated rings. The smallest absolute Gasteiger partial charge is 0.264 e. The summed E-state index contributed by atoms with van der Waals surface area (Å²) in [5, 5.41) is 5.43. The lowest BCUT2D eigenvalue weighted by Crippen LogP contribution is -2.16. The molecular formula is C31H17N3O2. The van der Waals surface area contributed by atoms with E-state index < -0.39 is 0 Å². The summed E-state index contributed by atoms with van der Waals surface area (Å²) in [6, 6.07) is 31.9. The second-order valence-corrected chi connectivity index (χ2v) is 9.01. The molecule has 0 spiro atoms. The van der Waals surface area contributed by atoms with E-state index in [-0.39, 0.29) is 5.56 Å². The third-order valence-electron chi connectivity index (χ3n) is 7.05. The van der Waals surface area contributed by atoms with E-state index in [9.17, 15) is 4.79 Å². The SMILES string of the molecule is O=c1c2ccc(-c3ncc(-c4ccccc4)o3)c3cccc(c32)c2nc3cccc4cccc(c43)n12. The first-order chi connectivity index (χ1) is 17.8. The molecule has 168 valence electrons. The largest absolute Gasteiger partial charge is 0.436 e. The second kappa shape index (κ2) is 6.99. The van der Waals surface area contributed by atoms with Crippen LogP contribution in [0.15, 0.2) is 112 Å². The van der Waals surface area contributed by atoms with Crippen molar-refractivity contribution in [1.82, 2.24) is 14.4 Å². The number of hydrogen-bond donors (Lipinski definition) is 0. The maximum Gasteiger partial charge on any atom is 0.264 e. The normalized spacial score (nSPS) is 12.0. The summed E-state index contributed by atoms with van der Waals surface area (Å²) in [5.41, 5.74) is 4.12. The highest BCUT2D eigenvalue weighted by Gasteiger charge is 2.19. The first kappa shape index (κ1) is 19.3. The number of hydrogen-bond acceptors (Lipinski definition) is 4. The number of oxazole rings is 1. The van der Waals surface area contributed by atoms with Gasteiger partial charge in [-0.3, -0.25) is 9.20 Å². The molecule has 0 aliphatic rings. The third kappa shape index (κ3) is 2.51. The van der Waals surface area contributed by atoms with Crippen LogP contribution in [-0.2, 0) is 0 Å². The van der Waals surface area contributed by atoms with Crippen LogP contribution in [0.3, 0.4) is 0 Å². The maximum atomic E-state index is 13.9. The number of aromatic nitrogens is 3. The number of nitrogens with zero attached hydrogens (tertiary/aromatic N) is 3. The quantitative estimate of drug-likeness (QED) is 0.203. The van der Waals surface area contributed by atoms with E-state index in [4.69, 9.17) is 9.40 Å². The first-order valence-electron chi connectivity index (χ1n) is 11.8. The van der Waals surface area contributed by atoms with Gasteiger partial charge in [0, 0.05) is 32.7 Å². The van der Waals surface area contributed by atoms with Crippen molar-refractivity contribution < 1.29 is 4.42 Å². The van der Waals surface area contributed by atoms with Gasteiger partial charge in [-0.15, -0.1) is 0 Å². The maximum absolute atomic E-state index is 13.9. The van der Waals surface area contributed by atoms with Gasteiger partial charge in [0.2, 0.25) is 5.89 Å². The van der Waals surface area contributed by atoms with Crippen LogP contribution >= 0.6 is 0 Å². The van der Waals surface area contributed by atoms with E-state index >= 15 is 0 Å². The van der Waals surface area contributed by atoms with Crippen LogP contribution < -0.4 is 5.56 Å². The molecule has 0 bridgehead atoms. The van der Waals surface area contributed by atoms with Gasteiger partial charge in [0.15, 0.2) is 5.76 Å². The Morgan fingerprint density at radius 2 is 1.50 bits per heavy atom. The minimum atomic E-state index is -0.0802. The van der Waals surface area contributed by atoms with Gasteiger partial charge in [-0.25, -0.2) is 9.97 Å². The fourth-order valence-electron chi connectivity index (χ4n) is 5.46. The molecule has 3 heterocycles. The average Bonchev–Trinajstić information content (AvgIpc) is 3.42. The molecule has 8 rings (SSSR count). The molecule has 0 radical (unpaired) electrons. The Kier molecular flexibility index (Phi) is 3.75. The zero-order chi connectivity index (χ0) is 23.8. The fourth-order valence-corrected chi connectivity index (χ4v) is 5.46. The van der Waals surface area contributed by atoms with Crippen LogP contribution in [-0.4, -0.2) is 14.4 Å². The van der Waals surface area contributed by atoms with Gasteiger partial charge in [-0.05, 0) is 35.0 Å². The minimum absolute atomic E-state index is 0.0802. The summed E-state index contributed by atoms with van der Waals surface area (Å²) >= 11 is 0. The summed E-state index contributed by atoms with van der Waals surface area (Å²) in [4.78, 5) is 23.5. The molecule has 5 nitrogen and oxygen atoms in total. The number of rotatable bonds is 2. The van der Waals surface area contributed by atoms with E-state index in [0.29, 0.717) is 22.7 Å². The molecule has 0 atom stereocenters. The van der Waals surface area contributed by atoms with Crippen LogP contribution in [0.5, 0.6) is 0 Å². The second-order valence-electron chi connectivity index (χ2n) is 9.01. The number of benzene rings is 5. The summed E-state index contributed by atoms with van der Waals surface area (Å²) in [6.45, 7) is 0. The molecule has 0 saturated carbocycles. The van der Waals surface area contributed by atoms with Crippen molar-refractivity contribution in [2.45, 2.75) is 0 Å². The van der Waals surface area contributed by atoms with E-state index in [1.807, 2.05) is 84.9 Å². The zero-order valence-electron chi connectivity index (χ0n) is 19.0. The van der Waals surface area contributed by atoms with Gasteiger partial charge in [-0.1, -0.05) is 72.8 Å². The van der Waals surface area contributed by atoms with Crippen molar-refractivity contribution >= 4 is 49.0 Å². The lowest BCUT2D eigenvalue weighted by atomic mass is 9.97. The Bertz CT molecular complexity index is 2170. The highest BCUT2D eigenvalue weighted by Crippen LogP contribution is 2.37. The highest BCUT2D eigenvalue weighted by molar-refractivity contribution is 6.19. The Morgan fingerprint density at radius 3 is 2.39 bits per heavy atom. The lowest BCUT2D eigenvalue weighted by molar-refractivity contribution is 0.589. The third-order valence-corrected chi connectivity index (χ3v) is 7.05. The van der Waals surface area contributed by atoms with Gasteiger partial charge in [0.05, 0.1) is 17.2 Å². The Labute approximate surface area is 204 Å². The fraction of sp³-hybridized carbons (Fsp3) is 0. The molecular weight excluding hydrogens is 446 g/mol. The number of fused-ring (bicyclic) bond motifs is 3. The zero-order valence-corrected chi connectivity index (χ0v) is 19.0. The summed E-state index contributed by atoms with van der Waals surface area (Å²) in [7, 11) is 0. The van der Waals surface area contributed by atoms with E-state index in [0.717, 1.165) is 49.1 Å². The Morgan fingerprint density at radius 1 is 0.694 bits per heavy atom. The van der Waals surface area contributed by atoms with Crippen LogP contribution in [0.25, 0.3) is 71.8 Å². The minimum Gasteiger partial charge on any atom is -0.436 e. The van der Waals surface area contributed by atoms with Crippen molar-refractivity contribution in [2.24, 2.45) is 0 Å². The molecule has 0 aliphatic carbocycles. The highest BCUT2D eigenvalue weighted by atomic mass is 16.4. The van der Waals surface area contributed by atoms with Gasteiger partial charge in [0.1, 0.15) is 5.65 Å². The summed E-state index contributed by atoms with van der Waals surface area (Å²) in [5.74, 6) is 1.22. The average molecular weight is 463 g/mol.